The van der Waals surface area contributed by atoms with Crippen molar-refractivity contribution < 1.29 is 5.11 Å². The van der Waals surface area contributed by atoms with Crippen LogP contribution >= 0.6 is 0 Å². The molecule has 2 N–H and O–H groups in total. The highest BCUT2D eigenvalue weighted by atomic mass is 16.3. The molecule has 0 spiro atoms. The lowest BCUT2D eigenvalue weighted by Gasteiger charge is -2.22. The predicted molar refractivity (Wildman–Crippen MR) is 67.5 cm³/mol. The van der Waals surface area contributed by atoms with Gasteiger partial charge in [-0.05, 0) is 51.5 Å². The maximum Gasteiger partial charge on any atom is 0.0771 e. The molecule has 2 aliphatic carbocycles. The minimum absolute atomic E-state index is 0.388. The second-order valence-corrected chi connectivity index (χ2v) is 5.47. The standard InChI is InChI=1S/C14H25NO/c16-14(9-4-5-10-14)12-15-11-8-13-6-2-1-3-7-13/h6,15-16H,1-5,7-12H2. The van der Waals surface area contributed by atoms with Crippen molar-refractivity contribution in [1.29, 1.82) is 0 Å². The maximum absolute atomic E-state index is 10.2. The molecule has 0 atom stereocenters. The molecule has 0 radical (unpaired) electrons. The van der Waals surface area contributed by atoms with Crippen molar-refractivity contribution in [1.82, 2.24) is 5.32 Å². The molecule has 0 aromatic rings. The van der Waals surface area contributed by atoms with Crippen LogP contribution in [0.5, 0.6) is 0 Å². The summed E-state index contributed by atoms with van der Waals surface area (Å²) in [6, 6.07) is 0. The van der Waals surface area contributed by atoms with E-state index in [4.69, 9.17) is 0 Å². The van der Waals surface area contributed by atoms with Crippen molar-refractivity contribution in [2.24, 2.45) is 0 Å². The Morgan fingerprint density at radius 2 is 2.00 bits per heavy atom. The fourth-order valence-electron chi connectivity index (χ4n) is 2.91. The lowest BCUT2D eigenvalue weighted by molar-refractivity contribution is 0.0480. The van der Waals surface area contributed by atoms with E-state index in [-0.39, 0.29) is 5.60 Å². The number of nitrogens with one attached hydrogen (secondary N) is 1. The van der Waals surface area contributed by atoms with Gasteiger partial charge in [0.1, 0.15) is 0 Å². The topological polar surface area (TPSA) is 32.3 Å². The molecule has 2 nitrogen and oxygen atoms in total. The first-order valence-electron chi connectivity index (χ1n) is 6.90. The van der Waals surface area contributed by atoms with Crippen LogP contribution < -0.4 is 5.32 Å². The van der Waals surface area contributed by atoms with Crippen LogP contribution in [-0.2, 0) is 0 Å². The SMILES string of the molecule is OC1(CNCCC2=CCCCC2)CCCC1. The second kappa shape index (κ2) is 5.83. The molecule has 0 unspecified atom stereocenters. The fourth-order valence-corrected chi connectivity index (χ4v) is 2.91. The zero-order valence-corrected chi connectivity index (χ0v) is 10.3. The molecule has 16 heavy (non-hydrogen) atoms. The van der Waals surface area contributed by atoms with Crippen molar-refractivity contribution in [3.8, 4) is 0 Å². The van der Waals surface area contributed by atoms with Crippen molar-refractivity contribution in [3.63, 3.8) is 0 Å². The summed E-state index contributed by atoms with van der Waals surface area (Å²) in [6.45, 7) is 1.83. The van der Waals surface area contributed by atoms with Gasteiger partial charge in [-0.2, -0.15) is 0 Å². The van der Waals surface area contributed by atoms with Crippen LogP contribution in [0, 0.1) is 0 Å². The molecular formula is C14H25NO. The minimum Gasteiger partial charge on any atom is -0.389 e. The normalized spacial score (nSPS) is 24.4. The molecule has 2 rings (SSSR count). The summed E-state index contributed by atoms with van der Waals surface area (Å²) in [6.07, 6.45) is 13.3. The lowest BCUT2D eigenvalue weighted by Crippen LogP contribution is -2.38. The van der Waals surface area contributed by atoms with Crippen LogP contribution in [0.4, 0.5) is 0 Å². The van der Waals surface area contributed by atoms with E-state index in [9.17, 15) is 5.11 Å². The molecule has 0 heterocycles. The van der Waals surface area contributed by atoms with E-state index in [1.165, 1.54) is 44.9 Å². The van der Waals surface area contributed by atoms with Crippen molar-refractivity contribution in [2.45, 2.75) is 63.4 Å². The van der Waals surface area contributed by atoms with Crippen LogP contribution in [0.3, 0.4) is 0 Å². The monoisotopic (exact) mass is 223 g/mol. The van der Waals surface area contributed by atoms with Gasteiger partial charge in [0.2, 0.25) is 0 Å². The van der Waals surface area contributed by atoms with Gasteiger partial charge in [-0.15, -0.1) is 0 Å². The van der Waals surface area contributed by atoms with E-state index in [1.54, 1.807) is 5.57 Å². The van der Waals surface area contributed by atoms with Crippen LogP contribution in [0.1, 0.15) is 57.8 Å². The zero-order valence-electron chi connectivity index (χ0n) is 10.3. The molecule has 1 saturated carbocycles. The van der Waals surface area contributed by atoms with Gasteiger partial charge in [0.05, 0.1) is 5.60 Å². The summed E-state index contributed by atoms with van der Waals surface area (Å²) in [5, 5.41) is 13.6. The summed E-state index contributed by atoms with van der Waals surface area (Å²) < 4.78 is 0. The molecule has 1 fully saturated rings. The Bertz CT molecular complexity index is 241. The molecule has 0 amide bonds. The van der Waals surface area contributed by atoms with Gasteiger partial charge in [0.15, 0.2) is 0 Å². The van der Waals surface area contributed by atoms with Crippen LogP contribution in [0.25, 0.3) is 0 Å². The summed E-state index contributed by atoms with van der Waals surface area (Å²) in [4.78, 5) is 0. The number of rotatable bonds is 5. The quantitative estimate of drug-likeness (QED) is 0.555. The first-order valence-corrected chi connectivity index (χ1v) is 6.90. The van der Waals surface area contributed by atoms with Gasteiger partial charge in [-0.3, -0.25) is 0 Å². The van der Waals surface area contributed by atoms with Crippen LogP contribution in [0.2, 0.25) is 0 Å². The molecule has 0 aromatic heterocycles. The van der Waals surface area contributed by atoms with E-state index in [2.05, 4.69) is 11.4 Å². The summed E-state index contributed by atoms with van der Waals surface area (Å²) >= 11 is 0. The van der Waals surface area contributed by atoms with Crippen molar-refractivity contribution in [2.75, 3.05) is 13.1 Å². The summed E-state index contributed by atoms with van der Waals surface area (Å²) in [7, 11) is 0. The summed E-state index contributed by atoms with van der Waals surface area (Å²) in [5.41, 5.74) is 1.23. The van der Waals surface area contributed by atoms with Crippen LogP contribution in [-0.4, -0.2) is 23.8 Å². The largest absolute Gasteiger partial charge is 0.389 e. The molecule has 0 saturated heterocycles. The average Bonchev–Trinajstić information content (AvgIpc) is 2.74. The van der Waals surface area contributed by atoms with Crippen LogP contribution in [0.15, 0.2) is 11.6 Å². The van der Waals surface area contributed by atoms with Crippen molar-refractivity contribution in [3.05, 3.63) is 11.6 Å². The Morgan fingerprint density at radius 1 is 1.19 bits per heavy atom. The molecule has 0 bridgehead atoms. The first kappa shape index (κ1) is 12.1. The van der Waals surface area contributed by atoms with Gasteiger partial charge < -0.3 is 10.4 Å². The first-order chi connectivity index (χ1) is 7.79. The third-order valence-corrected chi connectivity index (χ3v) is 4.00. The molecule has 0 aromatic carbocycles. The average molecular weight is 223 g/mol. The Kier molecular flexibility index (Phi) is 4.42. The van der Waals surface area contributed by atoms with E-state index in [0.717, 1.165) is 25.9 Å². The molecule has 2 aliphatic rings. The molecule has 92 valence electrons. The van der Waals surface area contributed by atoms with Gasteiger partial charge in [0.25, 0.3) is 0 Å². The van der Waals surface area contributed by atoms with Crippen molar-refractivity contribution >= 4 is 0 Å². The smallest absolute Gasteiger partial charge is 0.0771 e. The Hall–Kier alpha value is -0.340. The van der Waals surface area contributed by atoms with E-state index >= 15 is 0 Å². The highest BCUT2D eigenvalue weighted by Gasteiger charge is 2.30. The van der Waals surface area contributed by atoms with E-state index in [0.29, 0.717) is 0 Å². The van der Waals surface area contributed by atoms with E-state index < -0.39 is 0 Å². The highest BCUT2D eigenvalue weighted by Crippen LogP contribution is 2.28. The minimum atomic E-state index is -0.388. The third-order valence-electron chi connectivity index (χ3n) is 4.00. The number of allylic oxidation sites excluding steroid dienone is 1. The highest BCUT2D eigenvalue weighted by molar-refractivity contribution is 5.05. The number of hydrogen-bond acceptors (Lipinski definition) is 2. The lowest BCUT2D eigenvalue weighted by atomic mass is 9.97. The Balaban J connectivity index is 1.59. The fraction of sp³-hybridized carbons (Fsp3) is 0.857. The maximum atomic E-state index is 10.2. The Morgan fingerprint density at radius 3 is 2.69 bits per heavy atom. The van der Waals surface area contributed by atoms with Gasteiger partial charge in [-0.25, -0.2) is 0 Å². The predicted octanol–water partition coefficient (Wildman–Crippen LogP) is 2.77. The number of hydrogen-bond donors (Lipinski definition) is 2. The van der Waals surface area contributed by atoms with Gasteiger partial charge in [-0.1, -0.05) is 24.5 Å². The second-order valence-electron chi connectivity index (χ2n) is 5.47. The zero-order chi connectivity index (χ0) is 11.3. The third kappa shape index (κ3) is 3.60. The van der Waals surface area contributed by atoms with E-state index in [1.807, 2.05) is 0 Å². The van der Waals surface area contributed by atoms with Gasteiger partial charge >= 0.3 is 0 Å². The number of aliphatic hydroxyl groups is 1. The molecular weight excluding hydrogens is 198 g/mol. The molecule has 2 heteroatoms. The Labute approximate surface area is 99.1 Å². The van der Waals surface area contributed by atoms with Gasteiger partial charge in [0, 0.05) is 6.54 Å². The molecule has 0 aliphatic heterocycles. The summed E-state index contributed by atoms with van der Waals surface area (Å²) in [5.74, 6) is 0.